The van der Waals surface area contributed by atoms with Gasteiger partial charge in [-0.05, 0) is 31.2 Å². The molecule has 12 heteroatoms. The molecule has 0 fully saturated rings. The Bertz CT molecular complexity index is 1410. The van der Waals surface area contributed by atoms with Gasteiger partial charge in [-0.3, -0.25) is 14.4 Å². The minimum atomic E-state index is -0.857. The van der Waals surface area contributed by atoms with Crippen LogP contribution in [0, 0.1) is 5.92 Å². The van der Waals surface area contributed by atoms with Crippen molar-refractivity contribution in [3.63, 3.8) is 0 Å². The first-order chi connectivity index (χ1) is 20.5. The molecule has 1 aromatic heterocycles. The van der Waals surface area contributed by atoms with Crippen LogP contribution in [0.1, 0.15) is 54.7 Å². The van der Waals surface area contributed by atoms with E-state index in [1.807, 2.05) is 0 Å². The molecule has 0 aliphatic heterocycles. The summed E-state index contributed by atoms with van der Waals surface area (Å²) in [7, 11) is 4.43. The molecule has 0 amide bonds. The van der Waals surface area contributed by atoms with Crippen LogP contribution in [0.15, 0.2) is 48.7 Å². The number of pyridine rings is 1. The van der Waals surface area contributed by atoms with Crippen molar-refractivity contribution in [2.45, 2.75) is 39.2 Å². The molecule has 0 unspecified atom stereocenters. The van der Waals surface area contributed by atoms with Gasteiger partial charge < -0.3 is 28.4 Å². The molecule has 2 aromatic carbocycles. The van der Waals surface area contributed by atoms with Crippen LogP contribution < -0.4 is 18.9 Å². The molecule has 1 heterocycles. The molecule has 43 heavy (non-hydrogen) atoms. The van der Waals surface area contributed by atoms with Gasteiger partial charge in [0, 0.05) is 46.8 Å². The summed E-state index contributed by atoms with van der Waals surface area (Å²) in [6.07, 6.45) is 0.390. The number of rotatable bonds is 14. The number of carbonyl (C=O) groups excluding carboxylic acids is 3. The van der Waals surface area contributed by atoms with Crippen molar-refractivity contribution in [3.8, 4) is 23.0 Å². The second-order valence-electron chi connectivity index (χ2n) is 9.51. The van der Waals surface area contributed by atoms with E-state index in [1.54, 1.807) is 50.2 Å². The number of ketones is 1. The van der Waals surface area contributed by atoms with Gasteiger partial charge in [-0.2, -0.15) is 0 Å². The van der Waals surface area contributed by atoms with Crippen molar-refractivity contribution < 1.29 is 42.8 Å². The van der Waals surface area contributed by atoms with Gasteiger partial charge in [-0.25, -0.2) is 4.98 Å². The first-order valence-electron chi connectivity index (χ1n) is 13.2. The summed E-state index contributed by atoms with van der Waals surface area (Å²) < 4.78 is 32.7. The quantitative estimate of drug-likeness (QED) is 0.114. The maximum atomic E-state index is 13.3. The number of halogens is 2. The van der Waals surface area contributed by atoms with E-state index in [0.29, 0.717) is 32.7 Å². The Labute approximate surface area is 260 Å². The van der Waals surface area contributed by atoms with Crippen LogP contribution in [0.3, 0.4) is 0 Å². The van der Waals surface area contributed by atoms with E-state index in [2.05, 4.69) is 4.98 Å². The molecule has 0 bridgehead atoms. The number of esters is 2. The van der Waals surface area contributed by atoms with Crippen LogP contribution in [0.4, 0.5) is 0 Å². The van der Waals surface area contributed by atoms with Crippen molar-refractivity contribution in [2.24, 2.45) is 5.92 Å². The first-order valence-corrected chi connectivity index (χ1v) is 14.0. The molecule has 0 spiro atoms. The summed E-state index contributed by atoms with van der Waals surface area (Å²) in [6.45, 7) is 4.09. The number of aromatic nitrogens is 1. The molecular weight excluding hydrogens is 601 g/mol. The van der Waals surface area contributed by atoms with Crippen LogP contribution in [-0.4, -0.2) is 56.9 Å². The normalized spacial score (nSPS) is 12.2. The van der Waals surface area contributed by atoms with E-state index in [1.165, 1.54) is 40.5 Å². The average Bonchev–Trinajstić information content (AvgIpc) is 2.98. The number of hydrogen-bond donors (Lipinski definition) is 0. The van der Waals surface area contributed by atoms with E-state index >= 15 is 0 Å². The van der Waals surface area contributed by atoms with Crippen LogP contribution in [0.2, 0.25) is 10.0 Å². The Morgan fingerprint density at radius 1 is 0.837 bits per heavy atom. The number of Topliss-reactive ketones (excluding diaryl/α,β-unsaturated/α-hetero) is 1. The van der Waals surface area contributed by atoms with Crippen molar-refractivity contribution in [2.75, 3.05) is 28.1 Å². The summed E-state index contributed by atoms with van der Waals surface area (Å²) >= 11 is 12.4. The molecular formula is C31H33Cl2NO9. The van der Waals surface area contributed by atoms with Crippen LogP contribution in [0.5, 0.6) is 23.0 Å². The zero-order valence-electron chi connectivity index (χ0n) is 24.6. The summed E-state index contributed by atoms with van der Waals surface area (Å²) in [4.78, 5) is 41.9. The van der Waals surface area contributed by atoms with Crippen molar-refractivity contribution in [1.82, 2.24) is 4.98 Å². The van der Waals surface area contributed by atoms with Gasteiger partial charge >= 0.3 is 11.9 Å². The number of nitrogens with zero attached hydrogens (tertiary/aromatic N) is 1. The predicted octanol–water partition coefficient (Wildman–Crippen LogP) is 6.29. The standard InChI is InChI=1S/C31H33Cl2NO9/c1-17(13-24(36)29-30(42-16-41-19(3)35)25(38-4)11-12-34-29)31(37)43-18(2)28(22-9-7-20(32)14-26(22)39-5)23-10-8-21(33)15-27(23)40-6/h7-12,14-15,17-18,28H,13,16H2,1-6H3/t17-,18+/m1/s1. The number of carbonyl (C=O) groups is 3. The van der Waals surface area contributed by atoms with E-state index in [9.17, 15) is 14.4 Å². The molecule has 0 N–H and O–H groups in total. The predicted molar refractivity (Wildman–Crippen MR) is 160 cm³/mol. The molecule has 3 rings (SSSR count). The van der Waals surface area contributed by atoms with Crippen LogP contribution in [0.25, 0.3) is 0 Å². The molecule has 2 atom stereocenters. The summed E-state index contributed by atoms with van der Waals surface area (Å²) in [6, 6.07) is 11.9. The highest BCUT2D eigenvalue weighted by molar-refractivity contribution is 6.31. The molecule has 0 aliphatic rings. The molecule has 10 nitrogen and oxygen atoms in total. The molecule has 0 aliphatic carbocycles. The Morgan fingerprint density at radius 3 is 1.91 bits per heavy atom. The molecule has 3 aromatic rings. The third-order valence-electron chi connectivity index (χ3n) is 6.54. The monoisotopic (exact) mass is 633 g/mol. The lowest BCUT2D eigenvalue weighted by atomic mass is 9.85. The maximum Gasteiger partial charge on any atom is 0.309 e. The lowest BCUT2D eigenvalue weighted by Crippen LogP contribution is -2.28. The van der Waals surface area contributed by atoms with E-state index < -0.39 is 42.5 Å². The highest BCUT2D eigenvalue weighted by atomic mass is 35.5. The average molecular weight is 635 g/mol. The van der Waals surface area contributed by atoms with Gasteiger partial charge in [0.2, 0.25) is 6.79 Å². The molecule has 0 radical (unpaired) electrons. The van der Waals surface area contributed by atoms with Crippen molar-refractivity contribution in [3.05, 3.63) is 75.5 Å². The Kier molecular flexibility index (Phi) is 12.0. The van der Waals surface area contributed by atoms with Crippen LogP contribution in [-0.2, 0) is 19.1 Å². The van der Waals surface area contributed by atoms with Crippen LogP contribution >= 0.6 is 23.2 Å². The maximum absolute atomic E-state index is 13.3. The van der Waals surface area contributed by atoms with E-state index in [-0.39, 0.29) is 23.6 Å². The lowest BCUT2D eigenvalue weighted by molar-refractivity contribution is -0.153. The van der Waals surface area contributed by atoms with E-state index in [0.717, 1.165) is 0 Å². The van der Waals surface area contributed by atoms with Gasteiger partial charge in [-0.1, -0.05) is 42.3 Å². The number of ether oxygens (including phenoxy) is 6. The fraction of sp³-hybridized carbons (Fsp3) is 0.355. The fourth-order valence-corrected chi connectivity index (χ4v) is 4.81. The first kappa shape index (κ1) is 33.5. The SMILES string of the molecule is COc1cc(Cl)ccc1C(c1ccc(Cl)cc1OC)[C@H](C)OC(=O)[C@H](C)CC(=O)c1nccc(OC)c1OCOC(C)=O. The third kappa shape index (κ3) is 8.52. The Hall–Kier alpha value is -4.02. The summed E-state index contributed by atoms with van der Waals surface area (Å²) in [5, 5.41) is 0.947. The van der Waals surface area contributed by atoms with Gasteiger partial charge in [0.1, 0.15) is 17.6 Å². The number of hydrogen-bond acceptors (Lipinski definition) is 10. The lowest BCUT2D eigenvalue weighted by Gasteiger charge is -2.28. The molecule has 230 valence electrons. The highest BCUT2D eigenvalue weighted by Crippen LogP contribution is 2.42. The largest absolute Gasteiger partial charge is 0.496 e. The summed E-state index contributed by atoms with van der Waals surface area (Å²) in [5.41, 5.74) is 1.33. The molecule has 0 saturated heterocycles. The van der Waals surface area contributed by atoms with E-state index in [4.69, 9.17) is 51.6 Å². The van der Waals surface area contributed by atoms with Crippen molar-refractivity contribution in [1.29, 1.82) is 0 Å². The number of benzene rings is 2. The van der Waals surface area contributed by atoms with Gasteiger partial charge in [0.25, 0.3) is 0 Å². The second kappa shape index (κ2) is 15.5. The zero-order valence-corrected chi connectivity index (χ0v) is 26.2. The van der Waals surface area contributed by atoms with Gasteiger partial charge in [0.05, 0.1) is 33.2 Å². The summed E-state index contributed by atoms with van der Waals surface area (Å²) in [5.74, 6) is -1.89. The third-order valence-corrected chi connectivity index (χ3v) is 7.01. The smallest absolute Gasteiger partial charge is 0.309 e. The minimum Gasteiger partial charge on any atom is -0.496 e. The Morgan fingerprint density at radius 2 is 1.40 bits per heavy atom. The second-order valence-corrected chi connectivity index (χ2v) is 10.4. The number of methoxy groups -OCH3 is 3. The fourth-order valence-electron chi connectivity index (χ4n) is 4.48. The Balaban J connectivity index is 1.87. The highest BCUT2D eigenvalue weighted by Gasteiger charge is 2.32. The minimum absolute atomic E-state index is 0.00471. The zero-order chi connectivity index (χ0) is 31.7. The topological polar surface area (TPSA) is 119 Å². The molecule has 0 saturated carbocycles. The van der Waals surface area contributed by atoms with Gasteiger partial charge in [-0.15, -0.1) is 0 Å². The van der Waals surface area contributed by atoms with Crippen molar-refractivity contribution >= 4 is 40.9 Å². The van der Waals surface area contributed by atoms with Gasteiger partial charge in [0.15, 0.2) is 23.0 Å².